The topological polar surface area (TPSA) is 21.7 Å². The molecule has 0 aliphatic heterocycles. The molecule has 0 radical (unpaired) electrons. The third-order valence-corrected chi connectivity index (χ3v) is 2.55. The van der Waals surface area contributed by atoms with Crippen LogP contribution in [0.2, 0.25) is 0 Å². The molecule has 0 heterocycles. The van der Waals surface area contributed by atoms with Crippen molar-refractivity contribution in [1.29, 1.82) is 0 Å². The van der Waals surface area contributed by atoms with Crippen LogP contribution in [-0.4, -0.2) is 45.4 Å². The van der Waals surface area contributed by atoms with E-state index in [2.05, 4.69) is 19.0 Å². The molecule has 0 spiro atoms. The average Bonchev–Trinajstić information content (AvgIpc) is 2.29. The molecule has 0 aliphatic carbocycles. The molecule has 1 unspecified atom stereocenters. The van der Waals surface area contributed by atoms with Gasteiger partial charge in [0.05, 0.1) is 13.2 Å². The highest BCUT2D eigenvalue weighted by atomic mass is 16.5. The SMILES string of the molecule is COCC(CCOc1ccccc1)N(C)C. The molecule has 0 saturated heterocycles. The summed E-state index contributed by atoms with van der Waals surface area (Å²) in [6.45, 7) is 1.46. The standard InChI is InChI=1S/C13H21NO2/c1-14(2)12(11-15-3)9-10-16-13-7-5-4-6-8-13/h4-8,12H,9-11H2,1-3H3. The molecule has 1 aromatic carbocycles. The van der Waals surface area contributed by atoms with E-state index in [-0.39, 0.29) is 0 Å². The summed E-state index contributed by atoms with van der Waals surface area (Å²) in [4.78, 5) is 2.16. The lowest BCUT2D eigenvalue weighted by Crippen LogP contribution is -2.33. The van der Waals surface area contributed by atoms with E-state index in [1.54, 1.807) is 7.11 Å². The molecule has 3 nitrogen and oxygen atoms in total. The fraction of sp³-hybridized carbons (Fsp3) is 0.538. The summed E-state index contributed by atoms with van der Waals surface area (Å²) in [5, 5.41) is 0. The van der Waals surface area contributed by atoms with E-state index in [9.17, 15) is 0 Å². The van der Waals surface area contributed by atoms with Crippen LogP contribution < -0.4 is 4.74 Å². The van der Waals surface area contributed by atoms with E-state index in [0.717, 1.165) is 25.4 Å². The van der Waals surface area contributed by atoms with Crippen LogP contribution in [0, 0.1) is 0 Å². The molecular weight excluding hydrogens is 202 g/mol. The van der Waals surface area contributed by atoms with Crippen molar-refractivity contribution in [2.75, 3.05) is 34.4 Å². The highest BCUT2D eigenvalue weighted by Crippen LogP contribution is 2.09. The molecule has 0 bridgehead atoms. The second kappa shape index (κ2) is 7.25. The predicted octanol–water partition coefficient (Wildman–Crippen LogP) is 2.03. The Balaban J connectivity index is 2.28. The zero-order chi connectivity index (χ0) is 11.8. The van der Waals surface area contributed by atoms with Crippen LogP contribution in [0.3, 0.4) is 0 Å². The molecule has 0 aromatic heterocycles. The first kappa shape index (κ1) is 13.0. The molecule has 1 rings (SSSR count). The van der Waals surface area contributed by atoms with E-state index < -0.39 is 0 Å². The summed E-state index contributed by atoms with van der Waals surface area (Å²) in [5.74, 6) is 0.928. The minimum Gasteiger partial charge on any atom is -0.494 e. The van der Waals surface area contributed by atoms with Crippen LogP contribution in [0.5, 0.6) is 5.75 Å². The zero-order valence-electron chi connectivity index (χ0n) is 10.3. The van der Waals surface area contributed by atoms with Crippen molar-refractivity contribution in [3.63, 3.8) is 0 Å². The second-order valence-electron chi connectivity index (χ2n) is 4.02. The zero-order valence-corrected chi connectivity index (χ0v) is 10.3. The Morgan fingerprint density at radius 2 is 1.88 bits per heavy atom. The van der Waals surface area contributed by atoms with E-state index >= 15 is 0 Å². The van der Waals surface area contributed by atoms with Gasteiger partial charge in [-0.2, -0.15) is 0 Å². The first-order valence-corrected chi connectivity index (χ1v) is 5.57. The van der Waals surface area contributed by atoms with E-state index in [0.29, 0.717) is 6.04 Å². The van der Waals surface area contributed by atoms with Crippen molar-refractivity contribution in [3.05, 3.63) is 30.3 Å². The quantitative estimate of drug-likeness (QED) is 0.706. The Labute approximate surface area is 98.0 Å². The maximum atomic E-state index is 5.65. The summed E-state index contributed by atoms with van der Waals surface area (Å²) in [6, 6.07) is 10.3. The molecule has 0 aliphatic rings. The van der Waals surface area contributed by atoms with Gasteiger partial charge in [-0.3, -0.25) is 0 Å². The van der Waals surface area contributed by atoms with Crippen molar-refractivity contribution in [2.24, 2.45) is 0 Å². The number of ether oxygens (including phenoxy) is 2. The summed E-state index contributed by atoms with van der Waals surface area (Å²) in [5.41, 5.74) is 0. The predicted molar refractivity (Wildman–Crippen MR) is 65.9 cm³/mol. The van der Waals surface area contributed by atoms with E-state index in [1.165, 1.54) is 0 Å². The number of methoxy groups -OCH3 is 1. The second-order valence-corrected chi connectivity index (χ2v) is 4.02. The minimum absolute atomic E-state index is 0.411. The first-order valence-electron chi connectivity index (χ1n) is 5.57. The van der Waals surface area contributed by atoms with Crippen molar-refractivity contribution in [1.82, 2.24) is 4.90 Å². The van der Waals surface area contributed by atoms with E-state index in [4.69, 9.17) is 9.47 Å². The molecule has 16 heavy (non-hydrogen) atoms. The van der Waals surface area contributed by atoms with Crippen molar-refractivity contribution >= 4 is 0 Å². The molecule has 3 heteroatoms. The smallest absolute Gasteiger partial charge is 0.119 e. The Hall–Kier alpha value is -1.06. The maximum absolute atomic E-state index is 5.65. The Kier molecular flexibility index (Phi) is 5.90. The first-order chi connectivity index (χ1) is 7.74. The molecule has 0 fully saturated rings. The van der Waals surface area contributed by atoms with Gasteiger partial charge in [0.1, 0.15) is 5.75 Å². The van der Waals surface area contributed by atoms with Gasteiger partial charge < -0.3 is 14.4 Å². The highest BCUT2D eigenvalue weighted by molar-refractivity contribution is 5.20. The number of hydrogen-bond donors (Lipinski definition) is 0. The molecule has 0 N–H and O–H groups in total. The third kappa shape index (κ3) is 4.64. The normalized spacial score (nSPS) is 12.8. The van der Waals surface area contributed by atoms with Crippen molar-refractivity contribution in [3.8, 4) is 5.75 Å². The molecule has 1 atom stereocenters. The van der Waals surface area contributed by atoms with Gasteiger partial charge in [0.25, 0.3) is 0 Å². The Bertz CT molecular complexity index is 275. The molecule has 1 aromatic rings. The van der Waals surface area contributed by atoms with Gasteiger partial charge in [-0.05, 0) is 32.6 Å². The number of hydrogen-bond acceptors (Lipinski definition) is 3. The molecule has 0 saturated carbocycles. The average molecular weight is 223 g/mol. The minimum atomic E-state index is 0.411. The van der Waals surface area contributed by atoms with Crippen LogP contribution in [0.4, 0.5) is 0 Å². The maximum Gasteiger partial charge on any atom is 0.119 e. The highest BCUT2D eigenvalue weighted by Gasteiger charge is 2.10. The third-order valence-electron chi connectivity index (χ3n) is 2.55. The number of rotatable bonds is 7. The number of para-hydroxylation sites is 1. The number of nitrogens with zero attached hydrogens (tertiary/aromatic N) is 1. The lowest BCUT2D eigenvalue weighted by Gasteiger charge is -2.23. The van der Waals surface area contributed by atoms with Gasteiger partial charge in [0.2, 0.25) is 0 Å². The molecule has 0 amide bonds. The fourth-order valence-corrected chi connectivity index (χ4v) is 1.51. The van der Waals surface area contributed by atoms with Crippen LogP contribution >= 0.6 is 0 Å². The summed E-state index contributed by atoms with van der Waals surface area (Å²) in [7, 11) is 5.85. The largest absolute Gasteiger partial charge is 0.494 e. The summed E-state index contributed by atoms with van der Waals surface area (Å²) >= 11 is 0. The monoisotopic (exact) mass is 223 g/mol. The van der Waals surface area contributed by atoms with Crippen LogP contribution in [0.1, 0.15) is 6.42 Å². The number of benzene rings is 1. The van der Waals surface area contributed by atoms with Crippen LogP contribution in [0.25, 0.3) is 0 Å². The summed E-state index contributed by atoms with van der Waals surface area (Å²) < 4.78 is 10.8. The van der Waals surface area contributed by atoms with Gasteiger partial charge >= 0.3 is 0 Å². The van der Waals surface area contributed by atoms with Crippen LogP contribution in [-0.2, 0) is 4.74 Å². The molecular formula is C13H21NO2. The fourth-order valence-electron chi connectivity index (χ4n) is 1.51. The van der Waals surface area contributed by atoms with E-state index in [1.807, 2.05) is 30.3 Å². The van der Waals surface area contributed by atoms with Gasteiger partial charge in [-0.15, -0.1) is 0 Å². The Morgan fingerprint density at radius 3 is 2.44 bits per heavy atom. The Morgan fingerprint density at radius 1 is 1.19 bits per heavy atom. The van der Waals surface area contributed by atoms with Gasteiger partial charge in [-0.25, -0.2) is 0 Å². The summed E-state index contributed by atoms with van der Waals surface area (Å²) in [6.07, 6.45) is 0.968. The lowest BCUT2D eigenvalue weighted by molar-refractivity contribution is 0.104. The van der Waals surface area contributed by atoms with Crippen LogP contribution in [0.15, 0.2) is 30.3 Å². The molecule has 90 valence electrons. The van der Waals surface area contributed by atoms with Gasteiger partial charge in [0.15, 0.2) is 0 Å². The van der Waals surface area contributed by atoms with Gasteiger partial charge in [0, 0.05) is 13.2 Å². The van der Waals surface area contributed by atoms with Gasteiger partial charge in [-0.1, -0.05) is 18.2 Å². The van der Waals surface area contributed by atoms with Crippen molar-refractivity contribution in [2.45, 2.75) is 12.5 Å². The van der Waals surface area contributed by atoms with Crippen molar-refractivity contribution < 1.29 is 9.47 Å². The number of likely N-dealkylation sites (N-methyl/N-ethyl adjacent to an activating group) is 1. The lowest BCUT2D eigenvalue weighted by atomic mass is 10.2.